The first-order valence-electron chi connectivity index (χ1n) is 12.0. The zero-order valence-electron chi connectivity index (χ0n) is 22.2. The number of ether oxygens (including phenoxy) is 2. The third kappa shape index (κ3) is 8.47. The molecule has 8 nitrogen and oxygen atoms in total. The molecule has 0 spiro atoms. The number of piperidine rings is 2. The number of rotatable bonds is 4. The summed E-state index contributed by atoms with van der Waals surface area (Å²) in [6.07, 6.45) is 3.66. The highest BCUT2D eigenvalue weighted by molar-refractivity contribution is 5.76. The molecule has 0 saturated carbocycles. The highest BCUT2D eigenvalue weighted by Crippen LogP contribution is 2.35. The van der Waals surface area contributed by atoms with Crippen molar-refractivity contribution in [1.82, 2.24) is 9.80 Å². The van der Waals surface area contributed by atoms with Crippen molar-refractivity contribution in [1.29, 1.82) is 0 Å². The van der Waals surface area contributed by atoms with E-state index >= 15 is 0 Å². The van der Waals surface area contributed by atoms with Crippen molar-refractivity contribution in [2.24, 2.45) is 22.7 Å². The van der Waals surface area contributed by atoms with Gasteiger partial charge >= 0.3 is 18.0 Å². The molecule has 0 aliphatic carbocycles. The third-order valence-electron chi connectivity index (χ3n) is 7.00. The average Bonchev–Trinajstić information content (AvgIpc) is 2.72. The number of methoxy groups -OCH3 is 1. The summed E-state index contributed by atoms with van der Waals surface area (Å²) in [6.45, 7) is 16.2. The lowest BCUT2D eigenvalue weighted by Crippen LogP contribution is -2.48. The molecule has 0 bridgehead atoms. The highest BCUT2D eigenvalue weighted by Gasteiger charge is 2.41. The van der Waals surface area contributed by atoms with E-state index in [0.717, 1.165) is 38.8 Å². The molecule has 0 aromatic heterocycles. The Labute approximate surface area is 200 Å². The quantitative estimate of drug-likeness (QED) is 0.613. The normalized spacial score (nSPS) is 22.6. The number of likely N-dealkylation sites (tertiary alicyclic amines) is 2. The lowest BCUT2D eigenvalue weighted by atomic mass is 9.74. The van der Waals surface area contributed by atoms with E-state index in [1.807, 2.05) is 48.5 Å². The summed E-state index contributed by atoms with van der Waals surface area (Å²) >= 11 is 0. The van der Waals surface area contributed by atoms with Gasteiger partial charge in [0.05, 0.1) is 17.9 Å². The molecule has 2 fully saturated rings. The number of amides is 1. The number of hydrogen-bond acceptors (Lipinski definition) is 6. The zero-order chi connectivity index (χ0) is 25.6. The number of carboxylic acid groups (broad SMARTS) is 1. The fraction of sp³-hybridized carbons (Fsp3) is 0.880. The van der Waals surface area contributed by atoms with Crippen molar-refractivity contribution >= 4 is 18.0 Å². The Morgan fingerprint density at radius 2 is 1.36 bits per heavy atom. The number of nitrogens with zero attached hydrogens (tertiary/aromatic N) is 2. The van der Waals surface area contributed by atoms with Crippen LogP contribution in [0.25, 0.3) is 0 Å². The van der Waals surface area contributed by atoms with Crippen molar-refractivity contribution in [2.45, 2.75) is 79.8 Å². The molecule has 2 atom stereocenters. The minimum atomic E-state index is -0.673. The van der Waals surface area contributed by atoms with E-state index in [1.165, 1.54) is 7.11 Å². The van der Waals surface area contributed by atoms with Crippen LogP contribution in [0.5, 0.6) is 0 Å². The predicted molar refractivity (Wildman–Crippen MR) is 128 cm³/mol. The third-order valence-corrected chi connectivity index (χ3v) is 7.00. The lowest BCUT2D eigenvalue weighted by molar-refractivity contribution is -0.155. The molecular weight excluding hydrogens is 424 g/mol. The van der Waals surface area contributed by atoms with Crippen LogP contribution in [0.2, 0.25) is 0 Å². The van der Waals surface area contributed by atoms with E-state index in [2.05, 4.69) is 11.9 Å². The summed E-state index contributed by atoms with van der Waals surface area (Å²) in [5, 5.41) is 9.06. The monoisotopic (exact) mass is 470 g/mol. The number of esters is 1. The van der Waals surface area contributed by atoms with E-state index < -0.39 is 22.4 Å². The largest absolute Gasteiger partial charge is 0.481 e. The minimum absolute atomic E-state index is 0.0937. The van der Waals surface area contributed by atoms with Crippen molar-refractivity contribution < 1.29 is 29.0 Å². The van der Waals surface area contributed by atoms with Crippen LogP contribution in [-0.4, -0.2) is 78.9 Å². The predicted octanol–water partition coefficient (Wildman–Crippen LogP) is 4.27. The first-order valence-corrected chi connectivity index (χ1v) is 12.0. The van der Waals surface area contributed by atoms with Gasteiger partial charge < -0.3 is 24.4 Å². The molecule has 2 heterocycles. The van der Waals surface area contributed by atoms with Gasteiger partial charge in [-0.15, -0.1) is 0 Å². The second kappa shape index (κ2) is 11.5. The van der Waals surface area contributed by atoms with Crippen LogP contribution in [-0.2, 0) is 19.1 Å². The van der Waals surface area contributed by atoms with Gasteiger partial charge in [0.15, 0.2) is 0 Å². The molecule has 2 aliphatic rings. The maximum Gasteiger partial charge on any atom is 0.410 e. The van der Waals surface area contributed by atoms with Crippen LogP contribution in [0, 0.1) is 22.7 Å². The minimum Gasteiger partial charge on any atom is -0.481 e. The Hall–Kier alpha value is -1.83. The summed E-state index contributed by atoms with van der Waals surface area (Å²) in [5.74, 6) is -0.513. The second-order valence-corrected chi connectivity index (χ2v) is 11.6. The fourth-order valence-corrected chi connectivity index (χ4v) is 4.42. The summed E-state index contributed by atoms with van der Waals surface area (Å²) in [4.78, 5) is 38.9. The standard InChI is InChI=1S/C15H27NO4.C10H19NO2/c1-14(2,3)20-13(18)16-9-7-8-11(10-16)15(4,5)12(17)19-6;1-10(2,9(12)13)8-5-4-6-11(3)7-8/h11H,7-10H2,1-6H3;8H,4-7H2,1-3H3,(H,12,13)/t11-;8-/m11/s1. The number of carbonyl (C=O) groups excluding carboxylic acids is 2. The van der Waals surface area contributed by atoms with E-state index in [9.17, 15) is 14.4 Å². The highest BCUT2D eigenvalue weighted by atomic mass is 16.6. The molecule has 2 aliphatic heterocycles. The van der Waals surface area contributed by atoms with Crippen LogP contribution in [0.15, 0.2) is 0 Å². The van der Waals surface area contributed by atoms with Gasteiger partial charge in [0.1, 0.15) is 5.60 Å². The maximum atomic E-state index is 12.1. The Morgan fingerprint density at radius 1 is 0.848 bits per heavy atom. The molecule has 1 amide bonds. The molecule has 2 saturated heterocycles. The molecule has 0 unspecified atom stereocenters. The van der Waals surface area contributed by atoms with Gasteiger partial charge in [-0.05, 0) is 99.6 Å². The molecule has 0 aromatic carbocycles. The fourth-order valence-electron chi connectivity index (χ4n) is 4.42. The number of hydrogen-bond donors (Lipinski definition) is 1. The van der Waals surface area contributed by atoms with E-state index in [-0.39, 0.29) is 18.0 Å². The van der Waals surface area contributed by atoms with Crippen LogP contribution >= 0.6 is 0 Å². The van der Waals surface area contributed by atoms with Crippen LogP contribution in [0.4, 0.5) is 4.79 Å². The van der Waals surface area contributed by atoms with Gasteiger partial charge in [-0.1, -0.05) is 0 Å². The summed E-state index contributed by atoms with van der Waals surface area (Å²) in [6, 6.07) is 0. The van der Waals surface area contributed by atoms with Crippen molar-refractivity contribution in [3.8, 4) is 0 Å². The molecule has 8 heteroatoms. The van der Waals surface area contributed by atoms with Gasteiger partial charge in [-0.3, -0.25) is 9.59 Å². The Morgan fingerprint density at radius 3 is 1.82 bits per heavy atom. The van der Waals surface area contributed by atoms with E-state index in [1.54, 1.807) is 4.90 Å². The molecule has 33 heavy (non-hydrogen) atoms. The molecular formula is C25H46N2O6. The van der Waals surface area contributed by atoms with Gasteiger partial charge in [0.25, 0.3) is 0 Å². The summed E-state index contributed by atoms with van der Waals surface area (Å²) in [7, 11) is 3.46. The Bertz CT molecular complexity index is 683. The van der Waals surface area contributed by atoms with Crippen molar-refractivity contribution in [3.63, 3.8) is 0 Å². The number of aliphatic carboxylic acids is 1. The van der Waals surface area contributed by atoms with Gasteiger partial charge in [0.2, 0.25) is 0 Å². The van der Waals surface area contributed by atoms with Crippen LogP contribution < -0.4 is 0 Å². The van der Waals surface area contributed by atoms with E-state index in [4.69, 9.17) is 14.6 Å². The SMILES string of the molecule is CN1CCC[C@@H](C(C)(C)C(=O)O)C1.COC(=O)C(C)(C)[C@@H]1CCCN(C(=O)OC(C)(C)C)C1. The lowest BCUT2D eigenvalue weighted by Gasteiger charge is -2.40. The first-order chi connectivity index (χ1) is 15.0. The van der Waals surface area contributed by atoms with Crippen molar-refractivity contribution in [2.75, 3.05) is 40.3 Å². The summed E-state index contributed by atoms with van der Waals surface area (Å²) in [5.41, 5.74) is -1.66. The molecule has 0 radical (unpaired) electrons. The topological polar surface area (TPSA) is 96.4 Å². The van der Waals surface area contributed by atoms with E-state index in [0.29, 0.717) is 19.0 Å². The first kappa shape index (κ1) is 29.2. The average molecular weight is 471 g/mol. The summed E-state index contributed by atoms with van der Waals surface area (Å²) < 4.78 is 10.3. The second-order valence-electron chi connectivity index (χ2n) is 11.6. The van der Waals surface area contributed by atoms with Gasteiger partial charge in [-0.25, -0.2) is 4.79 Å². The Balaban J connectivity index is 0.000000361. The maximum absolute atomic E-state index is 12.1. The smallest absolute Gasteiger partial charge is 0.410 e. The van der Waals surface area contributed by atoms with Crippen LogP contribution in [0.1, 0.15) is 74.1 Å². The molecule has 0 aromatic rings. The Kier molecular flexibility index (Phi) is 10.2. The van der Waals surface area contributed by atoms with Gasteiger partial charge in [0, 0.05) is 19.6 Å². The molecule has 2 rings (SSSR count). The van der Waals surface area contributed by atoms with Crippen LogP contribution in [0.3, 0.4) is 0 Å². The van der Waals surface area contributed by atoms with Gasteiger partial charge in [-0.2, -0.15) is 0 Å². The number of carboxylic acids is 1. The number of carbonyl (C=O) groups is 3. The molecule has 192 valence electrons. The van der Waals surface area contributed by atoms with Crippen molar-refractivity contribution in [3.05, 3.63) is 0 Å². The molecule has 1 N–H and O–H groups in total. The zero-order valence-corrected chi connectivity index (χ0v) is 22.2.